The molecular weight excluding hydrogens is 376 g/mol. The molecule has 0 aromatic heterocycles. The Kier molecular flexibility index (Phi) is 4.82. The van der Waals surface area contributed by atoms with Gasteiger partial charge in [0.1, 0.15) is 0 Å². The third-order valence-electron chi connectivity index (χ3n) is 13.3. The first-order chi connectivity index (χ1) is 14.3. The summed E-state index contributed by atoms with van der Waals surface area (Å²) < 4.78 is 0. The van der Waals surface area contributed by atoms with Crippen LogP contribution in [0.1, 0.15) is 113 Å². The molecule has 5 aliphatic rings. The van der Waals surface area contributed by atoms with E-state index in [4.69, 9.17) is 0 Å². The summed E-state index contributed by atoms with van der Waals surface area (Å²) in [5.74, 6) is 4.15. The summed E-state index contributed by atoms with van der Waals surface area (Å²) in [5, 5.41) is 10.8. The highest BCUT2D eigenvalue weighted by Gasteiger charge is 2.70. The van der Waals surface area contributed by atoms with Gasteiger partial charge >= 0.3 is 0 Å². The molecule has 1 heteroatoms. The van der Waals surface area contributed by atoms with Gasteiger partial charge in [-0.15, -0.1) is 0 Å². The summed E-state index contributed by atoms with van der Waals surface area (Å²) in [4.78, 5) is 0. The van der Waals surface area contributed by atoms with Gasteiger partial charge in [-0.1, -0.05) is 67.0 Å². The third-order valence-corrected chi connectivity index (χ3v) is 13.3. The number of rotatable bonds is 1. The van der Waals surface area contributed by atoms with Gasteiger partial charge < -0.3 is 5.11 Å². The van der Waals surface area contributed by atoms with Crippen LogP contribution in [0.15, 0.2) is 11.6 Å². The summed E-state index contributed by atoms with van der Waals surface area (Å²) in [6, 6.07) is 0. The normalized spacial score (nSPS) is 55.7. The van der Waals surface area contributed by atoms with Crippen LogP contribution in [0.25, 0.3) is 0 Å². The Morgan fingerprint density at radius 3 is 2.03 bits per heavy atom. The SMILES string of the molecule is CC(C)C1CC[C@H]2[C@]3(C)CC[C@@]4(C)[C@@H]5CCC(O)C(C)(C)C5=CC[C@@H]4[C@@]3(C)CC[C@]12C. The third kappa shape index (κ3) is 2.60. The van der Waals surface area contributed by atoms with E-state index in [9.17, 15) is 5.11 Å². The zero-order valence-electron chi connectivity index (χ0n) is 21.9. The molecular formula is C30H50O. The monoisotopic (exact) mass is 426 g/mol. The standard InChI is InChI=1S/C30H50O/c1-19(2)20-9-12-23-27(20,5)15-17-30(8)24-13-10-21-22(11-14-25(31)26(21,3)4)28(24,6)16-18-29(23,30)7/h10,19-20,22-25,31H,9,11-18H2,1-8H3/t20?,22-,23-,24+,25?,27-,28+,29+,30-/m1/s1. The van der Waals surface area contributed by atoms with Crippen molar-refractivity contribution in [2.24, 2.45) is 56.7 Å². The summed E-state index contributed by atoms with van der Waals surface area (Å²) in [5.41, 5.74) is 3.49. The zero-order chi connectivity index (χ0) is 22.6. The molecule has 0 saturated heterocycles. The van der Waals surface area contributed by atoms with E-state index in [2.05, 4.69) is 61.5 Å². The van der Waals surface area contributed by atoms with Gasteiger partial charge in [0.2, 0.25) is 0 Å². The van der Waals surface area contributed by atoms with Crippen molar-refractivity contribution in [3.05, 3.63) is 11.6 Å². The fourth-order valence-corrected chi connectivity index (χ4v) is 11.2. The predicted molar refractivity (Wildman–Crippen MR) is 131 cm³/mol. The van der Waals surface area contributed by atoms with E-state index in [-0.39, 0.29) is 11.5 Å². The molecule has 0 amide bonds. The van der Waals surface area contributed by atoms with Gasteiger partial charge in [0.25, 0.3) is 0 Å². The first kappa shape index (κ1) is 22.5. The summed E-state index contributed by atoms with van der Waals surface area (Å²) in [6.45, 7) is 20.4. The Morgan fingerprint density at radius 2 is 1.39 bits per heavy atom. The average Bonchev–Trinajstić information content (AvgIpc) is 3.05. The van der Waals surface area contributed by atoms with Gasteiger partial charge in [0.15, 0.2) is 0 Å². The Labute approximate surface area is 192 Å². The maximum atomic E-state index is 10.8. The Hall–Kier alpha value is -0.300. The molecule has 0 heterocycles. The van der Waals surface area contributed by atoms with Gasteiger partial charge in [0, 0.05) is 5.41 Å². The van der Waals surface area contributed by atoms with Gasteiger partial charge in [-0.2, -0.15) is 0 Å². The lowest BCUT2D eigenvalue weighted by molar-refractivity contribution is -0.214. The van der Waals surface area contributed by atoms with E-state index in [1.807, 2.05) is 0 Å². The van der Waals surface area contributed by atoms with Crippen molar-refractivity contribution >= 4 is 0 Å². The van der Waals surface area contributed by atoms with Crippen LogP contribution in [-0.2, 0) is 0 Å². The molecule has 2 unspecified atom stereocenters. The maximum Gasteiger partial charge on any atom is 0.0628 e. The second-order valence-corrected chi connectivity index (χ2v) is 14.6. The lowest BCUT2D eigenvalue weighted by Gasteiger charge is -2.71. The average molecular weight is 427 g/mol. The molecule has 9 atom stereocenters. The number of hydrogen-bond acceptors (Lipinski definition) is 1. The van der Waals surface area contributed by atoms with Crippen LogP contribution in [0, 0.1) is 56.7 Å². The summed E-state index contributed by atoms with van der Waals surface area (Å²) >= 11 is 0. The predicted octanol–water partition coefficient (Wildman–Crippen LogP) is 8.02. The van der Waals surface area contributed by atoms with E-state index in [0.717, 1.165) is 30.1 Å². The van der Waals surface area contributed by atoms with Crippen molar-refractivity contribution in [2.75, 3.05) is 0 Å². The van der Waals surface area contributed by atoms with Crippen LogP contribution in [0.3, 0.4) is 0 Å². The van der Waals surface area contributed by atoms with Crippen LogP contribution in [-0.4, -0.2) is 11.2 Å². The molecule has 0 aromatic rings. The van der Waals surface area contributed by atoms with Crippen molar-refractivity contribution < 1.29 is 5.11 Å². The molecule has 31 heavy (non-hydrogen) atoms. The summed E-state index contributed by atoms with van der Waals surface area (Å²) in [7, 11) is 0. The fourth-order valence-electron chi connectivity index (χ4n) is 11.2. The van der Waals surface area contributed by atoms with E-state index in [1.165, 1.54) is 51.4 Å². The van der Waals surface area contributed by atoms with E-state index < -0.39 is 0 Å². The molecule has 176 valence electrons. The fraction of sp³-hybridized carbons (Fsp3) is 0.933. The second kappa shape index (κ2) is 6.64. The van der Waals surface area contributed by atoms with Crippen molar-refractivity contribution in [1.29, 1.82) is 0 Å². The molecule has 4 fully saturated rings. The van der Waals surface area contributed by atoms with Crippen molar-refractivity contribution in [2.45, 2.75) is 119 Å². The molecule has 0 bridgehead atoms. The van der Waals surface area contributed by atoms with E-state index >= 15 is 0 Å². The summed E-state index contributed by atoms with van der Waals surface area (Å²) in [6.07, 6.45) is 14.6. The smallest absolute Gasteiger partial charge is 0.0628 e. The van der Waals surface area contributed by atoms with Crippen LogP contribution >= 0.6 is 0 Å². The molecule has 1 nitrogen and oxygen atoms in total. The molecule has 0 radical (unpaired) electrons. The molecule has 0 spiro atoms. The van der Waals surface area contributed by atoms with Crippen LogP contribution in [0.2, 0.25) is 0 Å². The van der Waals surface area contributed by atoms with Crippen molar-refractivity contribution in [1.82, 2.24) is 0 Å². The molecule has 4 saturated carbocycles. The molecule has 5 rings (SSSR count). The number of fused-ring (bicyclic) bond motifs is 7. The van der Waals surface area contributed by atoms with Gasteiger partial charge in [-0.25, -0.2) is 0 Å². The van der Waals surface area contributed by atoms with Gasteiger partial charge in [0.05, 0.1) is 6.10 Å². The van der Waals surface area contributed by atoms with Crippen molar-refractivity contribution in [3.63, 3.8) is 0 Å². The lowest BCUT2D eigenvalue weighted by atomic mass is 9.33. The molecule has 0 aromatic carbocycles. The van der Waals surface area contributed by atoms with Crippen LogP contribution < -0.4 is 0 Å². The molecule has 0 aliphatic heterocycles. The molecule has 5 aliphatic carbocycles. The number of aliphatic hydroxyl groups excluding tert-OH is 1. The highest BCUT2D eigenvalue weighted by atomic mass is 16.3. The van der Waals surface area contributed by atoms with E-state index in [1.54, 1.807) is 5.57 Å². The largest absolute Gasteiger partial charge is 0.392 e. The zero-order valence-corrected chi connectivity index (χ0v) is 21.9. The first-order valence-electron chi connectivity index (χ1n) is 13.7. The highest BCUT2D eigenvalue weighted by molar-refractivity contribution is 5.30. The highest BCUT2D eigenvalue weighted by Crippen LogP contribution is 2.77. The van der Waals surface area contributed by atoms with E-state index in [0.29, 0.717) is 27.6 Å². The van der Waals surface area contributed by atoms with Crippen LogP contribution in [0.4, 0.5) is 0 Å². The van der Waals surface area contributed by atoms with Gasteiger partial charge in [-0.05, 0) is 109 Å². The Morgan fingerprint density at radius 1 is 0.774 bits per heavy atom. The number of allylic oxidation sites excluding steroid dienone is 1. The minimum atomic E-state index is -0.165. The lowest BCUT2D eigenvalue weighted by Crippen LogP contribution is -2.64. The number of aliphatic hydroxyl groups is 1. The Balaban J connectivity index is 1.55. The first-order valence-corrected chi connectivity index (χ1v) is 13.7. The van der Waals surface area contributed by atoms with Crippen molar-refractivity contribution in [3.8, 4) is 0 Å². The van der Waals surface area contributed by atoms with Gasteiger partial charge in [-0.3, -0.25) is 0 Å². The minimum Gasteiger partial charge on any atom is -0.392 e. The number of hydrogen-bond donors (Lipinski definition) is 1. The topological polar surface area (TPSA) is 20.2 Å². The maximum absolute atomic E-state index is 10.8. The quantitative estimate of drug-likeness (QED) is 0.421. The second-order valence-electron chi connectivity index (χ2n) is 14.6. The molecule has 1 N–H and O–H groups in total. The minimum absolute atomic E-state index is 0.0420. The Bertz CT molecular complexity index is 777. The van der Waals surface area contributed by atoms with Crippen LogP contribution in [0.5, 0.6) is 0 Å².